The van der Waals surface area contributed by atoms with Crippen molar-refractivity contribution in [1.29, 1.82) is 0 Å². The second kappa shape index (κ2) is 6.92. The molecule has 5 rings (SSSR count). The predicted molar refractivity (Wildman–Crippen MR) is 115 cm³/mol. The molecule has 1 aromatic rings. The number of aliphatic imine (C=N–C) groups is 1. The van der Waals surface area contributed by atoms with Gasteiger partial charge < -0.3 is 14.2 Å². The molecule has 0 amide bonds. The molecule has 1 aliphatic carbocycles. The number of benzene rings is 1. The number of esters is 2. The van der Waals surface area contributed by atoms with E-state index in [9.17, 15) is 9.59 Å². The van der Waals surface area contributed by atoms with E-state index in [1.54, 1.807) is 7.11 Å². The average Bonchev–Trinajstić information content (AvgIpc) is 3.13. The summed E-state index contributed by atoms with van der Waals surface area (Å²) in [4.78, 5) is 33.3. The Hall–Kier alpha value is -2.67. The van der Waals surface area contributed by atoms with E-state index in [0.717, 1.165) is 42.2 Å². The molecule has 0 aromatic heterocycles. The average molecular weight is 424 g/mol. The van der Waals surface area contributed by atoms with Crippen molar-refractivity contribution in [2.24, 2.45) is 16.3 Å². The third-order valence-electron chi connectivity index (χ3n) is 7.94. The zero-order chi connectivity index (χ0) is 22.0. The Morgan fingerprint density at radius 3 is 2.81 bits per heavy atom. The van der Waals surface area contributed by atoms with Gasteiger partial charge in [-0.05, 0) is 43.5 Å². The molecular formula is C24H28N2O5. The first kappa shape index (κ1) is 20.2. The minimum absolute atomic E-state index is 0.0284. The normalized spacial score (nSPS) is 34.1. The molecule has 1 aromatic carbocycles. The van der Waals surface area contributed by atoms with E-state index in [-0.39, 0.29) is 24.5 Å². The number of hydrogen-bond acceptors (Lipinski definition) is 7. The lowest BCUT2D eigenvalue weighted by Crippen LogP contribution is -2.75. The van der Waals surface area contributed by atoms with Crippen LogP contribution in [0.25, 0.3) is 0 Å². The molecule has 31 heavy (non-hydrogen) atoms. The molecule has 0 spiro atoms. The molecule has 3 heterocycles. The van der Waals surface area contributed by atoms with Crippen LogP contribution in [0.5, 0.6) is 5.75 Å². The number of hydrogen-bond donors (Lipinski definition) is 0. The Kier molecular flexibility index (Phi) is 4.52. The van der Waals surface area contributed by atoms with E-state index in [0.29, 0.717) is 6.42 Å². The van der Waals surface area contributed by atoms with Crippen LogP contribution < -0.4 is 4.74 Å². The first-order valence-electron chi connectivity index (χ1n) is 10.8. The molecule has 0 N–H and O–H groups in total. The minimum Gasteiger partial charge on any atom is -0.497 e. The van der Waals surface area contributed by atoms with Crippen molar-refractivity contribution in [3.8, 4) is 5.75 Å². The molecule has 7 nitrogen and oxygen atoms in total. The molecule has 0 unspecified atom stereocenters. The minimum atomic E-state index is -1.07. The second-order valence-corrected chi connectivity index (χ2v) is 8.92. The van der Waals surface area contributed by atoms with Crippen molar-refractivity contribution in [1.82, 2.24) is 4.90 Å². The highest BCUT2D eigenvalue weighted by Crippen LogP contribution is 2.66. The highest BCUT2D eigenvalue weighted by atomic mass is 16.5. The Morgan fingerprint density at radius 1 is 1.32 bits per heavy atom. The van der Waals surface area contributed by atoms with Gasteiger partial charge in [0.1, 0.15) is 17.8 Å². The molecule has 2 saturated heterocycles. The molecule has 7 heteroatoms. The van der Waals surface area contributed by atoms with Gasteiger partial charge in [0.05, 0.1) is 31.4 Å². The third-order valence-corrected chi connectivity index (χ3v) is 7.94. The summed E-state index contributed by atoms with van der Waals surface area (Å²) in [6, 6.07) is 6.03. The fourth-order valence-corrected chi connectivity index (χ4v) is 6.67. The van der Waals surface area contributed by atoms with Crippen LogP contribution in [-0.4, -0.2) is 62.5 Å². The van der Waals surface area contributed by atoms with Gasteiger partial charge in [-0.1, -0.05) is 11.6 Å². The van der Waals surface area contributed by atoms with Crippen molar-refractivity contribution in [3.63, 3.8) is 0 Å². The maximum absolute atomic E-state index is 13.8. The summed E-state index contributed by atoms with van der Waals surface area (Å²) in [5.41, 5.74) is 2.27. The van der Waals surface area contributed by atoms with E-state index >= 15 is 0 Å². The number of nitrogens with zero attached hydrogens (tertiary/aromatic N) is 2. The molecule has 0 radical (unpaired) electrons. The lowest BCUT2D eigenvalue weighted by atomic mass is 9.43. The first-order valence-corrected chi connectivity index (χ1v) is 10.8. The fraction of sp³-hybridized carbons (Fsp3) is 0.542. The number of ether oxygens (including phenoxy) is 3. The van der Waals surface area contributed by atoms with Crippen molar-refractivity contribution in [3.05, 3.63) is 35.4 Å². The Bertz CT molecular complexity index is 1030. The van der Waals surface area contributed by atoms with Gasteiger partial charge in [-0.25, -0.2) is 0 Å². The van der Waals surface area contributed by atoms with Crippen molar-refractivity contribution in [2.45, 2.75) is 38.1 Å². The van der Waals surface area contributed by atoms with Crippen LogP contribution in [0.2, 0.25) is 0 Å². The SMILES string of the molecule is C/C=C1\CN2CC[C@]34C(=Nc5ccc(OC)cc53)[C@@H]2C[C@@H]1[C@]4(COC(C)=O)C(=O)OC. The summed E-state index contributed by atoms with van der Waals surface area (Å²) in [7, 11) is 3.06. The lowest BCUT2D eigenvalue weighted by molar-refractivity contribution is -0.176. The number of fused-ring (bicyclic) bond motifs is 2. The monoisotopic (exact) mass is 424 g/mol. The van der Waals surface area contributed by atoms with E-state index in [1.165, 1.54) is 19.6 Å². The van der Waals surface area contributed by atoms with Gasteiger partial charge >= 0.3 is 11.9 Å². The summed E-state index contributed by atoms with van der Waals surface area (Å²) in [5, 5.41) is 0. The van der Waals surface area contributed by atoms with Crippen LogP contribution in [0.3, 0.4) is 0 Å². The molecular weight excluding hydrogens is 396 g/mol. The smallest absolute Gasteiger partial charge is 0.317 e. The molecule has 3 bridgehead atoms. The highest BCUT2D eigenvalue weighted by molar-refractivity contribution is 6.11. The van der Waals surface area contributed by atoms with E-state index in [4.69, 9.17) is 19.2 Å². The summed E-state index contributed by atoms with van der Waals surface area (Å²) >= 11 is 0. The zero-order valence-corrected chi connectivity index (χ0v) is 18.4. The maximum Gasteiger partial charge on any atom is 0.317 e. The van der Waals surface area contributed by atoms with Crippen molar-refractivity contribution < 1.29 is 23.8 Å². The summed E-state index contributed by atoms with van der Waals surface area (Å²) in [6.45, 7) is 5.00. The molecule has 4 atom stereocenters. The summed E-state index contributed by atoms with van der Waals surface area (Å²) in [5.74, 6) is -0.114. The quantitative estimate of drug-likeness (QED) is 0.546. The number of carbonyl (C=O) groups is 2. The molecule has 1 saturated carbocycles. The fourth-order valence-electron chi connectivity index (χ4n) is 6.67. The molecule has 164 valence electrons. The van der Waals surface area contributed by atoms with Crippen LogP contribution in [0, 0.1) is 11.3 Å². The maximum atomic E-state index is 13.8. The first-order chi connectivity index (χ1) is 14.9. The largest absolute Gasteiger partial charge is 0.497 e. The van der Waals surface area contributed by atoms with Crippen molar-refractivity contribution >= 4 is 23.3 Å². The predicted octanol–water partition coefficient (Wildman–Crippen LogP) is 2.80. The topological polar surface area (TPSA) is 77.4 Å². The summed E-state index contributed by atoms with van der Waals surface area (Å²) in [6.07, 6.45) is 3.59. The van der Waals surface area contributed by atoms with Crippen LogP contribution in [0.1, 0.15) is 32.3 Å². The second-order valence-electron chi connectivity index (χ2n) is 8.92. The van der Waals surface area contributed by atoms with Crippen LogP contribution in [0.15, 0.2) is 34.8 Å². The van der Waals surface area contributed by atoms with Crippen LogP contribution in [0.4, 0.5) is 5.69 Å². The van der Waals surface area contributed by atoms with Gasteiger partial charge in [0.2, 0.25) is 0 Å². The van der Waals surface area contributed by atoms with Gasteiger partial charge in [-0.3, -0.25) is 19.5 Å². The number of carbonyl (C=O) groups excluding carboxylic acids is 2. The van der Waals surface area contributed by atoms with E-state index in [2.05, 4.69) is 11.0 Å². The zero-order valence-electron chi connectivity index (χ0n) is 18.4. The lowest BCUT2D eigenvalue weighted by Gasteiger charge is -2.64. The molecule has 3 fully saturated rings. The summed E-state index contributed by atoms with van der Waals surface area (Å²) < 4.78 is 16.7. The van der Waals surface area contributed by atoms with Gasteiger partial charge in [0, 0.05) is 31.6 Å². The highest BCUT2D eigenvalue weighted by Gasteiger charge is 2.74. The van der Waals surface area contributed by atoms with Crippen LogP contribution in [-0.2, 0) is 24.5 Å². The van der Waals surface area contributed by atoms with Crippen LogP contribution >= 0.6 is 0 Å². The number of piperidine rings is 2. The molecule has 3 aliphatic heterocycles. The third kappa shape index (κ3) is 2.41. The standard InChI is InChI=1S/C24H28N2O5/c1-5-15-12-26-9-8-23-18-10-16(29-3)6-7-19(18)25-21(23)20(26)11-17(15)24(23,22(28)30-4)13-31-14(2)27/h5-7,10,17,20H,8-9,11-13H2,1-4H3/b15-5+/t17-,20-,23+,24+/m0/s1. The van der Waals surface area contributed by atoms with Gasteiger partial charge in [-0.2, -0.15) is 0 Å². The number of rotatable bonds is 4. The number of allylic oxidation sites excluding steroid dienone is 1. The Morgan fingerprint density at radius 2 is 2.13 bits per heavy atom. The van der Waals surface area contributed by atoms with E-state index in [1.807, 2.05) is 25.1 Å². The Labute approximate surface area is 182 Å². The number of methoxy groups -OCH3 is 2. The van der Waals surface area contributed by atoms with Gasteiger partial charge in [0.25, 0.3) is 0 Å². The molecule has 4 aliphatic rings. The van der Waals surface area contributed by atoms with Gasteiger partial charge in [0.15, 0.2) is 0 Å². The Balaban J connectivity index is 1.83. The van der Waals surface area contributed by atoms with Gasteiger partial charge in [-0.15, -0.1) is 0 Å². The van der Waals surface area contributed by atoms with E-state index < -0.39 is 16.8 Å². The van der Waals surface area contributed by atoms with Crippen molar-refractivity contribution in [2.75, 3.05) is 33.9 Å².